The molecule has 3 heterocycles. The lowest BCUT2D eigenvalue weighted by Crippen LogP contribution is -2.54. The number of nitrogens with zero attached hydrogens (tertiary/aromatic N) is 3. The van der Waals surface area contributed by atoms with Gasteiger partial charge < -0.3 is 15.5 Å². The van der Waals surface area contributed by atoms with E-state index in [-0.39, 0.29) is 24.3 Å². The van der Waals surface area contributed by atoms with Gasteiger partial charge in [0, 0.05) is 25.8 Å². The molecule has 2 bridgehead atoms. The number of pyridine rings is 1. The third-order valence-electron chi connectivity index (χ3n) is 8.88. The number of nitrogens with one attached hydrogen (secondary N) is 2. The maximum Gasteiger partial charge on any atom is 0.268 e. The lowest BCUT2D eigenvalue weighted by atomic mass is 9.45. The zero-order chi connectivity index (χ0) is 23.2. The Hall–Kier alpha value is -2.41. The van der Waals surface area contributed by atoms with Crippen molar-refractivity contribution in [2.24, 2.45) is 23.2 Å². The van der Waals surface area contributed by atoms with Crippen LogP contribution in [0.25, 0.3) is 5.65 Å². The summed E-state index contributed by atoms with van der Waals surface area (Å²) in [7, 11) is 1.89. The summed E-state index contributed by atoms with van der Waals surface area (Å²) in [6.45, 7) is 7.41. The van der Waals surface area contributed by atoms with E-state index in [1.54, 1.807) is 0 Å². The van der Waals surface area contributed by atoms with Gasteiger partial charge in [-0.2, -0.15) is 0 Å². The first-order chi connectivity index (χ1) is 15.8. The number of hydrogen-bond acceptors (Lipinski definition) is 4. The Morgan fingerprint density at radius 3 is 2.73 bits per heavy atom. The van der Waals surface area contributed by atoms with Gasteiger partial charge in [-0.05, 0) is 80.5 Å². The lowest BCUT2D eigenvalue weighted by Gasteiger charge is -2.60. The van der Waals surface area contributed by atoms with Crippen LogP contribution in [-0.4, -0.2) is 58.8 Å². The standard InChI is InChI=1S/C26H37N5O2/c1-26(2)18-8-7-17(21(26)13-18)15-28-25(33)22-5-4-6-23-29-19(16-31(22)23)14-24(32)30(3)20-9-11-27-12-10-20/h4-6,16-18,20-21,27H,7-15H2,1-3H3,(H,28,33)/t17-,18+,21-/m0/s1. The maximum absolute atomic E-state index is 13.1. The summed E-state index contributed by atoms with van der Waals surface area (Å²) < 4.78 is 1.83. The molecule has 1 aliphatic heterocycles. The molecule has 1 saturated heterocycles. The minimum atomic E-state index is -0.0676. The van der Waals surface area contributed by atoms with Gasteiger partial charge in [-0.1, -0.05) is 19.9 Å². The van der Waals surface area contributed by atoms with E-state index in [0.717, 1.165) is 44.3 Å². The summed E-state index contributed by atoms with van der Waals surface area (Å²) in [5.41, 5.74) is 2.40. The molecule has 6 rings (SSSR count). The van der Waals surface area contributed by atoms with Crippen molar-refractivity contribution in [3.05, 3.63) is 35.8 Å². The second-order valence-electron chi connectivity index (χ2n) is 10.9. The summed E-state index contributed by atoms with van der Waals surface area (Å²) in [6, 6.07) is 5.87. The third-order valence-corrected chi connectivity index (χ3v) is 8.88. The second kappa shape index (κ2) is 8.75. The molecular formula is C26H37N5O2. The van der Waals surface area contributed by atoms with Crippen LogP contribution >= 0.6 is 0 Å². The molecule has 3 aliphatic carbocycles. The van der Waals surface area contributed by atoms with Gasteiger partial charge in [0.25, 0.3) is 5.91 Å². The molecule has 4 aliphatic rings. The van der Waals surface area contributed by atoms with Crippen molar-refractivity contribution in [2.45, 2.75) is 58.4 Å². The van der Waals surface area contributed by atoms with Gasteiger partial charge >= 0.3 is 0 Å². The fraction of sp³-hybridized carbons (Fsp3) is 0.654. The number of carbonyl (C=O) groups excluding carboxylic acids is 2. The number of carbonyl (C=O) groups is 2. The predicted molar refractivity (Wildman–Crippen MR) is 128 cm³/mol. The van der Waals surface area contributed by atoms with E-state index in [2.05, 4.69) is 29.5 Å². The second-order valence-corrected chi connectivity index (χ2v) is 10.9. The Labute approximate surface area is 196 Å². The van der Waals surface area contributed by atoms with Crippen molar-refractivity contribution in [1.29, 1.82) is 0 Å². The molecule has 0 spiro atoms. The maximum atomic E-state index is 13.1. The van der Waals surface area contributed by atoms with Crippen LogP contribution in [0.2, 0.25) is 0 Å². The number of piperidine rings is 1. The Kier molecular flexibility index (Phi) is 5.93. The molecule has 0 radical (unpaired) electrons. The van der Waals surface area contributed by atoms with E-state index in [4.69, 9.17) is 0 Å². The van der Waals surface area contributed by atoms with E-state index in [9.17, 15) is 9.59 Å². The Morgan fingerprint density at radius 1 is 1.21 bits per heavy atom. The first-order valence-corrected chi connectivity index (χ1v) is 12.6. The highest BCUT2D eigenvalue weighted by Gasteiger charge is 2.53. The molecule has 0 unspecified atom stereocenters. The first kappa shape index (κ1) is 22.4. The summed E-state index contributed by atoms with van der Waals surface area (Å²) in [4.78, 5) is 32.4. The zero-order valence-corrected chi connectivity index (χ0v) is 20.1. The molecule has 2 amide bonds. The summed E-state index contributed by atoms with van der Waals surface area (Å²) in [6.07, 6.45) is 7.88. The molecule has 3 atom stereocenters. The van der Waals surface area contributed by atoms with Gasteiger partial charge in [0.1, 0.15) is 11.3 Å². The van der Waals surface area contributed by atoms with Crippen molar-refractivity contribution in [3.63, 3.8) is 0 Å². The fourth-order valence-corrected chi connectivity index (χ4v) is 6.53. The van der Waals surface area contributed by atoms with E-state index in [1.165, 1.54) is 19.3 Å². The largest absolute Gasteiger partial charge is 0.350 e. The quantitative estimate of drug-likeness (QED) is 0.708. The minimum Gasteiger partial charge on any atom is -0.350 e. The third kappa shape index (κ3) is 4.16. The molecule has 0 aromatic carbocycles. The number of likely N-dealkylation sites (N-methyl/N-ethyl adjacent to an activating group) is 1. The van der Waals surface area contributed by atoms with Crippen LogP contribution < -0.4 is 10.6 Å². The highest BCUT2D eigenvalue weighted by atomic mass is 16.2. The molecule has 2 aromatic heterocycles. The topological polar surface area (TPSA) is 78.7 Å². The molecule has 7 heteroatoms. The van der Waals surface area contributed by atoms with Crippen molar-refractivity contribution in [2.75, 3.05) is 26.7 Å². The van der Waals surface area contributed by atoms with Crippen molar-refractivity contribution < 1.29 is 9.59 Å². The van der Waals surface area contributed by atoms with Crippen LogP contribution in [0.3, 0.4) is 0 Å². The fourth-order valence-electron chi connectivity index (χ4n) is 6.53. The lowest BCUT2D eigenvalue weighted by molar-refractivity contribution is -0.131. The van der Waals surface area contributed by atoms with Gasteiger partial charge in [0.05, 0.1) is 12.1 Å². The highest BCUT2D eigenvalue weighted by Crippen LogP contribution is 2.61. The van der Waals surface area contributed by atoms with E-state index in [1.807, 2.05) is 40.7 Å². The van der Waals surface area contributed by atoms with Gasteiger partial charge in [0.15, 0.2) is 0 Å². The van der Waals surface area contributed by atoms with Crippen LogP contribution in [0, 0.1) is 23.2 Å². The molecular weight excluding hydrogens is 414 g/mol. The Balaban J connectivity index is 1.24. The van der Waals surface area contributed by atoms with E-state index < -0.39 is 0 Å². The van der Waals surface area contributed by atoms with Crippen LogP contribution in [0.15, 0.2) is 24.4 Å². The molecule has 4 fully saturated rings. The number of fused-ring (bicyclic) bond motifs is 3. The number of hydrogen-bond donors (Lipinski definition) is 2. The van der Waals surface area contributed by atoms with Crippen LogP contribution in [0.5, 0.6) is 0 Å². The monoisotopic (exact) mass is 451 g/mol. The molecule has 3 saturated carbocycles. The van der Waals surface area contributed by atoms with Gasteiger partial charge in [-0.3, -0.25) is 14.0 Å². The molecule has 33 heavy (non-hydrogen) atoms. The number of amides is 2. The Morgan fingerprint density at radius 2 is 2.00 bits per heavy atom. The Bertz CT molecular complexity index is 1040. The van der Waals surface area contributed by atoms with Crippen LogP contribution in [0.1, 0.15) is 62.1 Å². The van der Waals surface area contributed by atoms with Crippen LogP contribution in [-0.2, 0) is 11.2 Å². The predicted octanol–water partition coefficient (Wildman–Crippen LogP) is 2.89. The smallest absolute Gasteiger partial charge is 0.268 e. The zero-order valence-electron chi connectivity index (χ0n) is 20.1. The average Bonchev–Trinajstić information content (AvgIpc) is 3.24. The average molecular weight is 452 g/mol. The number of rotatable bonds is 6. The highest BCUT2D eigenvalue weighted by molar-refractivity contribution is 5.93. The van der Waals surface area contributed by atoms with E-state index in [0.29, 0.717) is 28.4 Å². The van der Waals surface area contributed by atoms with Gasteiger partial charge in [-0.25, -0.2) is 4.98 Å². The number of aromatic nitrogens is 2. The summed E-state index contributed by atoms with van der Waals surface area (Å²) >= 11 is 0. The van der Waals surface area contributed by atoms with Crippen molar-refractivity contribution in [3.8, 4) is 0 Å². The normalized spacial score (nSPS) is 26.6. The molecule has 7 nitrogen and oxygen atoms in total. The summed E-state index contributed by atoms with van der Waals surface area (Å²) in [5, 5.41) is 6.54. The first-order valence-electron chi connectivity index (χ1n) is 12.6. The molecule has 2 N–H and O–H groups in total. The van der Waals surface area contributed by atoms with Crippen molar-refractivity contribution in [1.82, 2.24) is 24.9 Å². The molecule has 2 aromatic rings. The molecule has 178 valence electrons. The van der Waals surface area contributed by atoms with Gasteiger partial charge in [-0.15, -0.1) is 0 Å². The van der Waals surface area contributed by atoms with Crippen molar-refractivity contribution >= 4 is 17.5 Å². The summed E-state index contributed by atoms with van der Waals surface area (Å²) in [5.74, 6) is 2.16. The SMILES string of the molecule is CN(C(=O)Cc1cn2c(C(=O)NC[C@@H]3CC[C@@H]4C[C@@H]3C4(C)C)cccc2n1)C1CCNCC1. The van der Waals surface area contributed by atoms with E-state index >= 15 is 0 Å². The minimum absolute atomic E-state index is 0.0676. The van der Waals surface area contributed by atoms with Gasteiger partial charge in [0.2, 0.25) is 5.91 Å². The number of imidazole rings is 1. The van der Waals surface area contributed by atoms with Crippen LogP contribution in [0.4, 0.5) is 0 Å².